The van der Waals surface area contributed by atoms with Crippen molar-refractivity contribution in [3.05, 3.63) is 12.2 Å². The van der Waals surface area contributed by atoms with E-state index in [1.807, 2.05) is 0 Å². The van der Waals surface area contributed by atoms with Gasteiger partial charge >= 0.3 is 0 Å². The Morgan fingerprint density at radius 3 is 2.31 bits per heavy atom. The molecule has 0 spiro atoms. The van der Waals surface area contributed by atoms with E-state index in [9.17, 15) is 5.11 Å². The molecule has 0 amide bonds. The van der Waals surface area contributed by atoms with Crippen molar-refractivity contribution in [1.82, 2.24) is 0 Å². The van der Waals surface area contributed by atoms with Crippen molar-refractivity contribution >= 4 is 0 Å². The fourth-order valence-electron chi connectivity index (χ4n) is 2.51. The summed E-state index contributed by atoms with van der Waals surface area (Å²) in [4.78, 5) is 0. The maximum absolute atomic E-state index is 10.3. The topological polar surface area (TPSA) is 20.2 Å². The Morgan fingerprint density at radius 1 is 1.00 bits per heavy atom. The van der Waals surface area contributed by atoms with Gasteiger partial charge in [0.2, 0.25) is 0 Å². The summed E-state index contributed by atoms with van der Waals surface area (Å²) in [6.07, 6.45) is 17.6. The number of hydrogen-bond acceptors (Lipinski definition) is 1. The van der Waals surface area contributed by atoms with Crippen molar-refractivity contribution in [2.75, 3.05) is 0 Å². The van der Waals surface area contributed by atoms with Crippen LogP contribution in [0.5, 0.6) is 0 Å². The van der Waals surface area contributed by atoms with Crippen LogP contribution in [0.25, 0.3) is 0 Å². The van der Waals surface area contributed by atoms with E-state index < -0.39 is 0 Å². The molecule has 1 aliphatic carbocycles. The van der Waals surface area contributed by atoms with E-state index in [-0.39, 0.29) is 5.60 Å². The highest BCUT2D eigenvalue weighted by Crippen LogP contribution is 2.28. The molecular weight excluding hydrogens is 196 g/mol. The van der Waals surface area contributed by atoms with Gasteiger partial charge in [-0.25, -0.2) is 0 Å². The maximum atomic E-state index is 10.3. The fourth-order valence-corrected chi connectivity index (χ4v) is 2.51. The van der Waals surface area contributed by atoms with Crippen LogP contribution in [0, 0.1) is 0 Å². The van der Waals surface area contributed by atoms with Gasteiger partial charge < -0.3 is 5.11 Å². The highest BCUT2D eigenvalue weighted by molar-refractivity contribution is 4.98. The van der Waals surface area contributed by atoms with E-state index in [1.165, 1.54) is 44.9 Å². The van der Waals surface area contributed by atoms with E-state index in [0.717, 1.165) is 25.7 Å². The van der Waals surface area contributed by atoms with Crippen LogP contribution in [0.1, 0.15) is 77.6 Å². The molecule has 1 unspecified atom stereocenters. The molecule has 94 valence electrons. The Bertz CT molecular complexity index is 198. The Balaban J connectivity index is 1.96. The van der Waals surface area contributed by atoms with Crippen molar-refractivity contribution in [3.63, 3.8) is 0 Å². The molecule has 0 aliphatic heterocycles. The Morgan fingerprint density at radius 2 is 1.69 bits per heavy atom. The molecular formula is C15H28O. The van der Waals surface area contributed by atoms with E-state index in [0.29, 0.717) is 0 Å². The van der Waals surface area contributed by atoms with Gasteiger partial charge in [0, 0.05) is 0 Å². The smallest absolute Gasteiger partial charge is 0.0685 e. The second kappa shape index (κ2) is 7.89. The molecule has 16 heavy (non-hydrogen) atoms. The van der Waals surface area contributed by atoms with E-state index in [2.05, 4.69) is 19.1 Å². The Kier molecular flexibility index (Phi) is 6.79. The van der Waals surface area contributed by atoms with Crippen LogP contribution in [-0.4, -0.2) is 10.7 Å². The SMILES string of the molecule is CCCCCCCCCC1(O)CC=CCC1. The second-order valence-corrected chi connectivity index (χ2v) is 5.31. The summed E-state index contributed by atoms with van der Waals surface area (Å²) in [5, 5.41) is 10.3. The van der Waals surface area contributed by atoms with Gasteiger partial charge in [-0.05, 0) is 25.7 Å². The first-order valence-electron chi connectivity index (χ1n) is 7.14. The van der Waals surface area contributed by atoms with E-state index >= 15 is 0 Å². The van der Waals surface area contributed by atoms with Gasteiger partial charge in [0.05, 0.1) is 5.60 Å². The van der Waals surface area contributed by atoms with Gasteiger partial charge in [-0.1, -0.05) is 64.0 Å². The summed E-state index contributed by atoms with van der Waals surface area (Å²) in [7, 11) is 0. The molecule has 1 N–H and O–H groups in total. The highest BCUT2D eigenvalue weighted by atomic mass is 16.3. The molecule has 1 aliphatic rings. The van der Waals surface area contributed by atoms with Crippen LogP contribution in [0.4, 0.5) is 0 Å². The van der Waals surface area contributed by atoms with Gasteiger partial charge in [-0.2, -0.15) is 0 Å². The van der Waals surface area contributed by atoms with Crippen LogP contribution >= 0.6 is 0 Å². The largest absolute Gasteiger partial charge is 0.390 e. The van der Waals surface area contributed by atoms with Gasteiger partial charge in [0.25, 0.3) is 0 Å². The second-order valence-electron chi connectivity index (χ2n) is 5.31. The molecule has 0 saturated heterocycles. The highest BCUT2D eigenvalue weighted by Gasteiger charge is 2.25. The third-order valence-electron chi connectivity index (χ3n) is 3.69. The molecule has 1 atom stereocenters. The third kappa shape index (κ3) is 5.69. The minimum Gasteiger partial charge on any atom is -0.390 e. The Labute approximate surface area is 101 Å². The summed E-state index contributed by atoms with van der Waals surface area (Å²) in [5.74, 6) is 0. The zero-order valence-electron chi connectivity index (χ0n) is 10.9. The van der Waals surface area contributed by atoms with Crippen molar-refractivity contribution < 1.29 is 5.11 Å². The molecule has 0 heterocycles. The lowest BCUT2D eigenvalue weighted by Crippen LogP contribution is -2.29. The minimum absolute atomic E-state index is 0.363. The van der Waals surface area contributed by atoms with Crippen LogP contribution in [0.15, 0.2) is 12.2 Å². The van der Waals surface area contributed by atoms with Crippen molar-refractivity contribution in [1.29, 1.82) is 0 Å². The van der Waals surface area contributed by atoms with Gasteiger partial charge in [-0.15, -0.1) is 0 Å². The molecule has 0 aromatic carbocycles. The summed E-state index contributed by atoms with van der Waals surface area (Å²) in [5.41, 5.74) is -0.363. The van der Waals surface area contributed by atoms with E-state index in [1.54, 1.807) is 0 Å². The minimum atomic E-state index is -0.363. The number of allylic oxidation sites excluding steroid dienone is 1. The lowest BCUT2D eigenvalue weighted by molar-refractivity contribution is 0.0203. The first kappa shape index (κ1) is 13.8. The van der Waals surface area contributed by atoms with Gasteiger partial charge in [0.1, 0.15) is 0 Å². The molecule has 0 aromatic heterocycles. The summed E-state index contributed by atoms with van der Waals surface area (Å²) in [6, 6.07) is 0. The van der Waals surface area contributed by atoms with Crippen molar-refractivity contribution in [3.8, 4) is 0 Å². The number of rotatable bonds is 8. The summed E-state index contributed by atoms with van der Waals surface area (Å²) in [6.45, 7) is 2.26. The first-order chi connectivity index (χ1) is 7.77. The lowest BCUT2D eigenvalue weighted by Gasteiger charge is -2.29. The fraction of sp³-hybridized carbons (Fsp3) is 0.867. The number of hydrogen-bond donors (Lipinski definition) is 1. The molecule has 0 bridgehead atoms. The van der Waals surface area contributed by atoms with E-state index in [4.69, 9.17) is 0 Å². The Hall–Kier alpha value is -0.300. The molecule has 0 aromatic rings. The first-order valence-corrected chi connectivity index (χ1v) is 7.14. The summed E-state index contributed by atoms with van der Waals surface area (Å²) >= 11 is 0. The third-order valence-corrected chi connectivity index (χ3v) is 3.69. The molecule has 0 fully saturated rings. The normalized spacial score (nSPS) is 24.9. The molecule has 1 rings (SSSR count). The van der Waals surface area contributed by atoms with Crippen LogP contribution < -0.4 is 0 Å². The maximum Gasteiger partial charge on any atom is 0.0685 e. The monoisotopic (exact) mass is 224 g/mol. The predicted octanol–water partition coefficient (Wildman–Crippen LogP) is 4.60. The van der Waals surface area contributed by atoms with Gasteiger partial charge in [-0.3, -0.25) is 0 Å². The zero-order valence-corrected chi connectivity index (χ0v) is 10.9. The van der Waals surface area contributed by atoms with Crippen molar-refractivity contribution in [2.24, 2.45) is 0 Å². The quantitative estimate of drug-likeness (QED) is 0.472. The van der Waals surface area contributed by atoms with Gasteiger partial charge in [0.15, 0.2) is 0 Å². The molecule has 0 radical (unpaired) electrons. The molecule has 1 heteroatoms. The van der Waals surface area contributed by atoms with Crippen LogP contribution in [-0.2, 0) is 0 Å². The number of aliphatic hydroxyl groups is 1. The number of unbranched alkanes of at least 4 members (excludes halogenated alkanes) is 6. The molecule has 1 nitrogen and oxygen atoms in total. The lowest BCUT2D eigenvalue weighted by atomic mass is 9.85. The molecule has 0 saturated carbocycles. The van der Waals surface area contributed by atoms with Crippen molar-refractivity contribution in [2.45, 2.75) is 83.2 Å². The van der Waals surface area contributed by atoms with Crippen LogP contribution in [0.3, 0.4) is 0 Å². The predicted molar refractivity (Wildman–Crippen MR) is 70.6 cm³/mol. The summed E-state index contributed by atoms with van der Waals surface area (Å²) < 4.78 is 0. The van der Waals surface area contributed by atoms with Crippen LogP contribution in [0.2, 0.25) is 0 Å². The average molecular weight is 224 g/mol. The average Bonchev–Trinajstić information content (AvgIpc) is 2.29. The standard InChI is InChI=1S/C15H28O/c1-2-3-4-5-6-7-9-12-15(16)13-10-8-11-14-15/h8,10,16H,2-7,9,11-14H2,1H3. The zero-order chi connectivity index (χ0) is 11.7.